The van der Waals surface area contributed by atoms with Crippen molar-refractivity contribution in [3.63, 3.8) is 0 Å². The van der Waals surface area contributed by atoms with Crippen LogP contribution < -0.4 is 5.84 Å². The first-order valence-electron chi connectivity index (χ1n) is 1.61. The smallest absolute Gasteiger partial charge is 0.437 e. The van der Waals surface area contributed by atoms with Gasteiger partial charge in [-0.25, -0.2) is 10.6 Å². The number of nitrogens with two attached hydrogens (primary N) is 1. The Morgan fingerprint density at radius 1 is 1.50 bits per heavy atom. The molecule has 0 heterocycles. The predicted molar refractivity (Wildman–Crippen MR) is 32.8 cm³/mol. The summed E-state index contributed by atoms with van der Waals surface area (Å²) in [7, 11) is -4.79. The minimum Gasteiger partial charge on any atom is -0.463 e. The van der Waals surface area contributed by atoms with E-state index in [0.29, 0.717) is 0 Å². The van der Waals surface area contributed by atoms with E-state index in [1.54, 1.807) is 0 Å². The van der Waals surface area contributed by atoms with Gasteiger partial charge in [0.15, 0.2) is 0 Å². The van der Waals surface area contributed by atoms with E-state index < -0.39 is 20.8 Å². The Morgan fingerprint density at radius 3 is 1.80 bits per heavy atom. The summed E-state index contributed by atoms with van der Waals surface area (Å²) >= 11 is 0. The van der Waals surface area contributed by atoms with Gasteiger partial charge in [0.1, 0.15) is 0 Å². The standard InChI is InChI=1S/CH4N2O5S.ClH/c2-3(1(4)5)9(6,7)8;/h2H2,(H,4,5)(H,6,7,8);1H. The van der Waals surface area contributed by atoms with Gasteiger partial charge in [0, 0.05) is 0 Å². The molecule has 1 amide bonds. The highest BCUT2D eigenvalue weighted by Crippen LogP contribution is 1.86. The molecule has 0 fully saturated rings. The number of hydrogen-bond acceptors (Lipinski definition) is 4. The number of carboxylic acid groups (broad SMARTS) is 1. The number of hydrogen-bond donors (Lipinski definition) is 3. The molecule has 4 N–H and O–H groups in total. The van der Waals surface area contributed by atoms with Gasteiger partial charge in [0.2, 0.25) is 0 Å². The van der Waals surface area contributed by atoms with Gasteiger partial charge in [-0.3, -0.25) is 4.55 Å². The number of rotatable bonds is 1. The summed E-state index contributed by atoms with van der Waals surface area (Å²) in [5.41, 5.74) is 0. The van der Waals surface area contributed by atoms with Crippen LogP contribution in [0.15, 0.2) is 0 Å². The van der Waals surface area contributed by atoms with Gasteiger partial charge >= 0.3 is 16.4 Å². The third kappa shape index (κ3) is 3.45. The molecule has 0 aromatic heterocycles. The molecule has 0 rings (SSSR count). The van der Waals surface area contributed by atoms with Crippen molar-refractivity contribution < 1.29 is 22.9 Å². The molecule has 0 unspecified atom stereocenters. The fraction of sp³-hybridized carbons (Fsp3) is 0. The molecule has 0 saturated carbocycles. The van der Waals surface area contributed by atoms with Crippen LogP contribution in [0, 0.1) is 0 Å². The van der Waals surface area contributed by atoms with Crippen LogP contribution in [-0.2, 0) is 10.3 Å². The van der Waals surface area contributed by atoms with E-state index >= 15 is 0 Å². The van der Waals surface area contributed by atoms with Crippen molar-refractivity contribution in [1.29, 1.82) is 0 Å². The van der Waals surface area contributed by atoms with Gasteiger partial charge in [-0.1, -0.05) is 0 Å². The van der Waals surface area contributed by atoms with E-state index in [4.69, 9.17) is 9.66 Å². The van der Waals surface area contributed by atoms with Crippen molar-refractivity contribution in [2.75, 3.05) is 0 Å². The van der Waals surface area contributed by atoms with Crippen LogP contribution in [0.5, 0.6) is 0 Å². The Morgan fingerprint density at radius 2 is 1.80 bits per heavy atom. The van der Waals surface area contributed by atoms with Crippen molar-refractivity contribution in [3.05, 3.63) is 0 Å². The lowest BCUT2D eigenvalue weighted by Gasteiger charge is -2.05. The highest BCUT2D eigenvalue weighted by molar-refractivity contribution is 7.83. The van der Waals surface area contributed by atoms with Crippen LogP contribution in [0.1, 0.15) is 0 Å². The number of hydrazine groups is 1. The third-order valence-corrected chi connectivity index (χ3v) is 1.09. The number of carbonyl (C=O) groups is 1. The second kappa shape index (κ2) is 3.56. The normalized spacial score (nSPS) is 9.80. The topological polar surface area (TPSA) is 121 Å². The molecule has 0 spiro atoms. The zero-order chi connectivity index (χ0) is 7.65. The van der Waals surface area contributed by atoms with Crippen LogP contribution in [-0.4, -0.2) is 28.6 Å². The molecule has 0 aliphatic rings. The summed E-state index contributed by atoms with van der Waals surface area (Å²) in [5.74, 6) is 4.29. The fourth-order valence-corrected chi connectivity index (χ4v) is 0.296. The first-order valence-corrected chi connectivity index (χ1v) is 3.00. The molecular weight excluding hydrogens is 188 g/mol. The lowest BCUT2D eigenvalue weighted by atomic mass is 11.3. The van der Waals surface area contributed by atoms with Crippen molar-refractivity contribution in [2.45, 2.75) is 0 Å². The maximum absolute atomic E-state index is 9.75. The quantitative estimate of drug-likeness (QED) is 0.214. The van der Waals surface area contributed by atoms with E-state index in [-0.39, 0.29) is 12.4 Å². The highest BCUT2D eigenvalue weighted by Gasteiger charge is 2.19. The first-order chi connectivity index (χ1) is 3.85. The molecule has 7 nitrogen and oxygen atoms in total. The molecule has 0 aromatic carbocycles. The lowest BCUT2D eigenvalue weighted by molar-refractivity contribution is 0.169. The Kier molecular flexibility index (Phi) is 4.32. The molecule has 10 heavy (non-hydrogen) atoms. The Bertz CT molecular complexity index is 210. The lowest BCUT2D eigenvalue weighted by Crippen LogP contribution is -2.40. The minimum absolute atomic E-state index is 0. The predicted octanol–water partition coefficient (Wildman–Crippen LogP) is -0.935. The monoisotopic (exact) mass is 192 g/mol. The maximum Gasteiger partial charge on any atom is 0.437 e. The molecule has 0 aromatic rings. The Labute approximate surface area is 62.7 Å². The number of nitrogens with zero attached hydrogens (tertiary/aromatic N) is 1. The first kappa shape index (κ1) is 12.1. The molecule has 0 aliphatic carbocycles. The van der Waals surface area contributed by atoms with Gasteiger partial charge in [0.25, 0.3) is 0 Å². The van der Waals surface area contributed by atoms with Crippen LogP contribution in [0.3, 0.4) is 0 Å². The van der Waals surface area contributed by atoms with Crippen molar-refractivity contribution >= 4 is 28.8 Å². The zero-order valence-corrected chi connectivity index (χ0v) is 6.09. The summed E-state index contributed by atoms with van der Waals surface area (Å²) < 4.78 is 26.6. The van der Waals surface area contributed by atoms with E-state index in [1.807, 2.05) is 0 Å². The van der Waals surface area contributed by atoms with Crippen molar-refractivity contribution in [2.24, 2.45) is 5.84 Å². The average molecular weight is 193 g/mol. The second-order valence-electron chi connectivity index (χ2n) is 1.06. The van der Waals surface area contributed by atoms with Gasteiger partial charge in [-0.15, -0.1) is 16.8 Å². The van der Waals surface area contributed by atoms with Gasteiger partial charge in [-0.05, 0) is 0 Å². The second-order valence-corrected chi connectivity index (χ2v) is 2.35. The molecule has 0 atom stereocenters. The van der Waals surface area contributed by atoms with Crippen LogP contribution in [0.4, 0.5) is 4.79 Å². The third-order valence-electron chi connectivity index (χ3n) is 0.437. The zero-order valence-electron chi connectivity index (χ0n) is 4.46. The summed E-state index contributed by atoms with van der Waals surface area (Å²) in [5, 5.41) is 7.78. The van der Waals surface area contributed by atoms with E-state index in [9.17, 15) is 13.2 Å². The molecule has 9 heteroatoms. The minimum atomic E-state index is -4.79. The molecule has 62 valence electrons. The molecule has 0 radical (unpaired) electrons. The highest BCUT2D eigenvalue weighted by atomic mass is 35.5. The van der Waals surface area contributed by atoms with Gasteiger partial charge < -0.3 is 5.11 Å². The van der Waals surface area contributed by atoms with E-state index in [0.717, 1.165) is 0 Å². The van der Waals surface area contributed by atoms with E-state index in [1.165, 1.54) is 0 Å². The van der Waals surface area contributed by atoms with E-state index in [2.05, 4.69) is 5.84 Å². The Balaban J connectivity index is 0. The van der Waals surface area contributed by atoms with Crippen LogP contribution in [0.25, 0.3) is 0 Å². The maximum atomic E-state index is 9.75. The summed E-state index contributed by atoms with van der Waals surface area (Å²) in [6.45, 7) is 0. The largest absolute Gasteiger partial charge is 0.463 e. The van der Waals surface area contributed by atoms with Gasteiger partial charge in [-0.2, -0.15) is 8.42 Å². The molecule has 0 saturated heterocycles. The van der Waals surface area contributed by atoms with Gasteiger partial charge in [0.05, 0.1) is 0 Å². The summed E-state index contributed by atoms with van der Waals surface area (Å²) in [4.78, 5) is 9.61. The van der Waals surface area contributed by atoms with Crippen LogP contribution in [0.2, 0.25) is 0 Å². The molecular formula is CH5ClN2O5S. The Hall–Kier alpha value is -0.570. The average Bonchev–Trinajstić information content (AvgIpc) is 1.62. The summed E-state index contributed by atoms with van der Waals surface area (Å²) in [6, 6.07) is 0. The molecule has 0 aliphatic heterocycles. The molecule has 0 bridgehead atoms. The SMILES string of the molecule is Cl.NN(C(=O)O)S(=O)(=O)O. The number of amides is 1. The van der Waals surface area contributed by atoms with Crippen LogP contribution >= 0.6 is 12.4 Å². The number of halogens is 1. The van der Waals surface area contributed by atoms with Crippen molar-refractivity contribution in [3.8, 4) is 0 Å². The summed E-state index contributed by atoms with van der Waals surface area (Å²) in [6.07, 6.45) is -1.95. The fourth-order valence-electron chi connectivity index (χ4n) is 0.0987. The van der Waals surface area contributed by atoms with Crippen molar-refractivity contribution in [1.82, 2.24) is 4.41 Å².